The topological polar surface area (TPSA) is 87.2 Å². The number of hydrogen-bond donors (Lipinski definition) is 3. The number of benzene rings is 1. The number of hydrogen-bond acceptors (Lipinski definition) is 3. The van der Waals surface area contributed by atoms with E-state index in [1.165, 1.54) is 19.9 Å². The first-order chi connectivity index (χ1) is 6.62. The van der Waals surface area contributed by atoms with Crippen LogP contribution in [0.5, 0.6) is 0 Å². The first-order valence-corrected chi connectivity index (χ1v) is 5.83. The lowest BCUT2D eigenvalue weighted by atomic mass is 9.99. The van der Waals surface area contributed by atoms with Gasteiger partial charge in [0.15, 0.2) is 0 Å². The molecule has 0 amide bonds. The molecule has 0 radical (unpaired) electrons. The second-order valence-corrected chi connectivity index (χ2v) is 5.45. The third-order valence-electron chi connectivity index (χ3n) is 1.96. The molecule has 1 unspecified atom stereocenters. The summed E-state index contributed by atoms with van der Waals surface area (Å²) in [6.07, 6.45) is 0. The highest BCUT2D eigenvalue weighted by Crippen LogP contribution is 2.23. The Morgan fingerprint density at radius 2 is 2.07 bits per heavy atom. The van der Waals surface area contributed by atoms with E-state index in [1.54, 1.807) is 0 Å². The molecule has 4 nitrogen and oxygen atoms in total. The molecule has 4 N–H and O–H groups in total. The van der Waals surface area contributed by atoms with Crippen LogP contribution in [0.2, 0.25) is 0 Å². The number of rotatable bonds is 2. The summed E-state index contributed by atoms with van der Waals surface area (Å²) < 4.78 is 31.5. The van der Waals surface area contributed by atoms with E-state index in [4.69, 9.17) is 9.92 Å². The zero-order valence-electron chi connectivity index (χ0n) is 8.45. The highest BCUT2D eigenvalue weighted by molar-refractivity contribution is 7.90. The molecule has 0 bridgehead atoms. The summed E-state index contributed by atoms with van der Waals surface area (Å²) in [6, 6.07) is 3.57. The molecule has 1 atom stereocenters. The van der Waals surface area contributed by atoms with Crippen LogP contribution in [0.25, 0.3) is 0 Å². The average Bonchev–Trinajstić information content (AvgIpc) is 2.00. The summed E-state index contributed by atoms with van der Waals surface area (Å²) in [6.45, 7) is 3.01. The van der Waals surface area contributed by atoms with Crippen molar-refractivity contribution in [1.82, 2.24) is 0 Å². The maximum Gasteiger partial charge on any atom is 0.141 e. The van der Waals surface area contributed by atoms with Crippen molar-refractivity contribution >= 4 is 9.92 Å². The van der Waals surface area contributed by atoms with Crippen molar-refractivity contribution in [3.05, 3.63) is 29.6 Å². The summed E-state index contributed by atoms with van der Waals surface area (Å²) >= 11 is 0. The molecule has 15 heavy (non-hydrogen) atoms. The minimum absolute atomic E-state index is 0.365. The Kier molecular flexibility index (Phi) is 2.86. The quantitative estimate of drug-likeness (QED) is 0.718. The van der Waals surface area contributed by atoms with E-state index in [0.717, 1.165) is 12.1 Å². The summed E-state index contributed by atoms with van der Waals surface area (Å²) in [7, 11) is -3.60. The fourth-order valence-corrected chi connectivity index (χ4v) is 1.78. The second kappa shape index (κ2) is 3.55. The summed E-state index contributed by atoms with van der Waals surface area (Å²) in [5.74, 6) is -0.800. The lowest BCUT2D eigenvalue weighted by Gasteiger charge is -2.18. The van der Waals surface area contributed by atoms with E-state index in [1.807, 2.05) is 0 Å². The monoisotopic (exact) mass is 232 g/mol. The molecule has 0 aromatic heterocycles. The molecule has 0 spiro atoms. The van der Waals surface area contributed by atoms with Crippen molar-refractivity contribution < 1.29 is 13.7 Å². The average molecular weight is 232 g/mol. The van der Waals surface area contributed by atoms with Crippen molar-refractivity contribution in [1.29, 1.82) is 4.78 Å². The van der Waals surface area contributed by atoms with Crippen LogP contribution in [-0.2, 0) is 15.5 Å². The zero-order chi connectivity index (χ0) is 11.9. The van der Waals surface area contributed by atoms with Gasteiger partial charge in [-0.1, -0.05) is 6.07 Å². The van der Waals surface area contributed by atoms with Gasteiger partial charge in [0, 0.05) is 0 Å². The van der Waals surface area contributed by atoms with Gasteiger partial charge in [-0.25, -0.2) is 18.5 Å². The molecule has 0 saturated heterocycles. The molecular weight excluding hydrogens is 219 g/mol. The van der Waals surface area contributed by atoms with Crippen molar-refractivity contribution in [2.24, 2.45) is 5.14 Å². The summed E-state index contributed by atoms with van der Waals surface area (Å²) in [5, 5.41) is 14.7. The molecular formula is C9H13FN2O2S. The van der Waals surface area contributed by atoms with Gasteiger partial charge < -0.3 is 5.11 Å². The first kappa shape index (κ1) is 12.1. The van der Waals surface area contributed by atoms with Crippen molar-refractivity contribution in [2.75, 3.05) is 0 Å². The molecule has 0 aliphatic carbocycles. The van der Waals surface area contributed by atoms with Crippen LogP contribution in [-0.4, -0.2) is 9.32 Å². The van der Waals surface area contributed by atoms with E-state index < -0.39 is 21.3 Å². The SMILES string of the molecule is CC(C)(O)c1ccc(F)c(S(=N)(N)=O)c1. The van der Waals surface area contributed by atoms with Crippen LogP contribution < -0.4 is 5.14 Å². The molecule has 0 heterocycles. The summed E-state index contributed by atoms with van der Waals surface area (Å²) in [5.41, 5.74) is -0.822. The number of aliphatic hydroxyl groups is 1. The Bertz CT molecular complexity index is 477. The fraction of sp³-hybridized carbons (Fsp3) is 0.333. The van der Waals surface area contributed by atoms with E-state index in [9.17, 15) is 13.7 Å². The Morgan fingerprint density at radius 1 is 1.53 bits per heavy atom. The van der Waals surface area contributed by atoms with Gasteiger partial charge in [0.2, 0.25) is 0 Å². The highest BCUT2D eigenvalue weighted by atomic mass is 32.2. The number of halogens is 1. The molecule has 1 aromatic carbocycles. The molecule has 1 rings (SSSR count). The Balaban J connectivity index is 3.43. The molecule has 0 aliphatic heterocycles. The lowest BCUT2D eigenvalue weighted by Crippen LogP contribution is -2.18. The third kappa shape index (κ3) is 2.74. The number of nitrogens with one attached hydrogen (secondary N) is 1. The van der Waals surface area contributed by atoms with E-state index >= 15 is 0 Å². The number of nitrogens with two attached hydrogens (primary N) is 1. The molecule has 0 saturated carbocycles. The van der Waals surface area contributed by atoms with E-state index in [2.05, 4.69) is 0 Å². The van der Waals surface area contributed by atoms with Crippen LogP contribution in [0, 0.1) is 10.6 Å². The van der Waals surface area contributed by atoms with Gasteiger partial charge in [0.05, 0.1) is 10.5 Å². The Morgan fingerprint density at radius 3 is 2.47 bits per heavy atom. The lowest BCUT2D eigenvalue weighted by molar-refractivity contribution is 0.0782. The van der Waals surface area contributed by atoms with Crippen LogP contribution in [0.15, 0.2) is 23.1 Å². The van der Waals surface area contributed by atoms with Crippen molar-refractivity contribution in [3.63, 3.8) is 0 Å². The van der Waals surface area contributed by atoms with Crippen molar-refractivity contribution in [2.45, 2.75) is 24.3 Å². The standard InChI is InChI=1S/C9H13FN2O2S/c1-9(2,13)6-3-4-7(10)8(5-6)15(11,12)14/h3-5,13H,1-2H3,(H3,11,12,14). The van der Waals surface area contributed by atoms with Gasteiger partial charge in [-0.2, -0.15) is 0 Å². The predicted octanol–water partition coefficient (Wildman–Crippen LogP) is 1.33. The maximum absolute atomic E-state index is 13.2. The van der Waals surface area contributed by atoms with E-state index in [-0.39, 0.29) is 4.90 Å². The smallest absolute Gasteiger partial charge is 0.141 e. The van der Waals surface area contributed by atoms with Crippen LogP contribution in [0.3, 0.4) is 0 Å². The molecule has 6 heteroatoms. The van der Waals surface area contributed by atoms with Gasteiger partial charge in [-0.05, 0) is 31.5 Å². The zero-order valence-corrected chi connectivity index (χ0v) is 9.27. The minimum atomic E-state index is -3.60. The predicted molar refractivity (Wildman–Crippen MR) is 55.0 cm³/mol. The van der Waals surface area contributed by atoms with Crippen LogP contribution >= 0.6 is 0 Å². The fourth-order valence-electron chi connectivity index (χ4n) is 1.12. The Hall–Kier alpha value is -0.980. The van der Waals surface area contributed by atoms with E-state index in [0.29, 0.717) is 5.56 Å². The molecule has 1 aromatic rings. The van der Waals surface area contributed by atoms with Gasteiger partial charge in [0.1, 0.15) is 15.7 Å². The second-order valence-electron chi connectivity index (χ2n) is 3.80. The van der Waals surface area contributed by atoms with Crippen molar-refractivity contribution in [3.8, 4) is 0 Å². The normalized spacial score (nSPS) is 16.1. The Labute approximate surface area is 88.0 Å². The molecule has 0 aliphatic rings. The first-order valence-electron chi connectivity index (χ1n) is 4.21. The van der Waals surface area contributed by atoms with Gasteiger partial charge >= 0.3 is 0 Å². The van der Waals surface area contributed by atoms with Crippen LogP contribution in [0.4, 0.5) is 4.39 Å². The largest absolute Gasteiger partial charge is 0.386 e. The highest BCUT2D eigenvalue weighted by Gasteiger charge is 2.20. The maximum atomic E-state index is 13.2. The summed E-state index contributed by atoms with van der Waals surface area (Å²) in [4.78, 5) is -0.387. The third-order valence-corrected chi connectivity index (χ3v) is 2.93. The van der Waals surface area contributed by atoms with Gasteiger partial charge in [0.25, 0.3) is 0 Å². The van der Waals surface area contributed by atoms with Crippen LogP contribution in [0.1, 0.15) is 19.4 Å². The van der Waals surface area contributed by atoms with Gasteiger partial charge in [-0.15, -0.1) is 0 Å². The molecule has 0 fully saturated rings. The molecule has 84 valence electrons. The van der Waals surface area contributed by atoms with Gasteiger partial charge in [-0.3, -0.25) is 0 Å². The minimum Gasteiger partial charge on any atom is -0.386 e.